The number of methoxy groups -OCH3 is 1. The van der Waals surface area contributed by atoms with E-state index in [1.165, 1.54) is 5.56 Å². The van der Waals surface area contributed by atoms with E-state index < -0.39 is 0 Å². The maximum absolute atomic E-state index is 11.5. The Balaban J connectivity index is 0.00000364. The number of carbonyl (C=O) groups is 1. The van der Waals surface area contributed by atoms with Crippen molar-refractivity contribution in [1.82, 2.24) is 15.5 Å². The molecule has 0 aromatic heterocycles. The summed E-state index contributed by atoms with van der Waals surface area (Å²) in [5, 5.41) is 6.18. The highest BCUT2D eigenvalue weighted by molar-refractivity contribution is 14.0. The van der Waals surface area contributed by atoms with Crippen LogP contribution < -0.4 is 15.4 Å². The van der Waals surface area contributed by atoms with Gasteiger partial charge in [-0.25, -0.2) is 0 Å². The summed E-state index contributed by atoms with van der Waals surface area (Å²) in [6.45, 7) is 4.77. The second-order valence-corrected chi connectivity index (χ2v) is 6.84. The number of halogens is 1. The van der Waals surface area contributed by atoms with E-state index >= 15 is 0 Å². The monoisotopic (exact) mass is 488 g/mol. The Labute approximate surface area is 180 Å². The van der Waals surface area contributed by atoms with E-state index in [1.807, 2.05) is 7.05 Å². The van der Waals surface area contributed by atoms with Crippen LogP contribution in [0.25, 0.3) is 0 Å². The molecule has 0 aliphatic carbocycles. The quantitative estimate of drug-likeness (QED) is 0.367. The highest BCUT2D eigenvalue weighted by Gasteiger charge is 2.22. The molecule has 0 saturated carbocycles. The Morgan fingerprint density at radius 1 is 1.33 bits per heavy atom. The van der Waals surface area contributed by atoms with E-state index in [2.05, 4.69) is 45.6 Å². The molecule has 1 aromatic carbocycles. The molecule has 1 aliphatic rings. The van der Waals surface area contributed by atoms with Gasteiger partial charge in [0.05, 0.1) is 7.11 Å². The van der Waals surface area contributed by atoms with Crippen molar-refractivity contribution in [2.45, 2.75) is 32.6 Å². The highest BCUT2D eigenvalue weighted by Crippen LogP contribution is 2.21. The third-order valence-corrected chi connectivity index (χ3v) is 5.05. The summed E-state index contributed by atoms with van der Waals surface area (Å²) in [5.74, 6) is 2.50. The van der Waals surface area contributed by atoms with E-state index in [0.717, 1.165) is 56.2 Å². The SMILES string of the molecule is CN=C(NCCc1ccc(C)c(OC)c1)N1CCC(CC(=O)NC)CC1.I. The predicted molar refractivity (Wildman–Crippen MR) is 121 cm³/mol. The van der Waals surface area contributed by atoms with Crippen LogP contribution in [0.3, 0.4) is 0 Å². The van der Waals surface area contributed by atoms with Crippen LogP contribution in [-0.2, 0) is 11.2 Å². The first-order chi connectivity index (χ1) is 12.6. The smallest absolute Gasteiger partial charge is 0.220 e. The van der Waals surface area contributed by atoms with Gasteiger partial charge < -0.3 is 20.3 Å². The van der Waals surface area contributed by atoms with Crippen molar-refractivity contribution in [2.24, 2.45) is 10.9 Å². The average molecular weight is 488 g/mol. The second-order valence-electron chi connectivity index (χ2n) is 6.84. The number of hydrogen-bond acceptors (Lipinski definition) is 3. The van der Waals surface area contributed by atoms with Crippen molar-refractivity contribution in [3.8, 4) is 5.75 Å². The summed E-state index contributed by atoms with van der Waals surface area (Å²) < 4.78 is 5.39. The maximum atomic E-state index is 11.5. The number of likely N-dealkylation sites (tertiary alicyclic amines) is 1. The molecule has 1 aliphatic heterocycles. The summed E-state index contributed by atoms with van der Waals surface area (Å²) in [6, 6.07) is 6.34. The van der Waals surface area contributed by atoms with Crippen molar-refractivity contribution in [2.75, 3.05) is 40.8 Å². The van der Waals surface area contributed by atoms with Crippen LogP contribution in [0.15, 0.2) is 23.2 Å². The van der Waals surface area contributed by atoms with Gasteiger partial charge >= 0.3 is 0 Å². The number of benzene rings is 1. The largest absolute Gasteiger partial charge is 0.496 e. The maximum Gasteiger partial charge on any atom is 0.220 e. The first-order valence-electron chi connectivity index (χ1n) is 9.37. The molecule has 1 heterocycles. The first kappa shape index (κ1) is 23.5. The van der Waals surface area contributed by atoms with Crippen LogP contribution in [0.4, 0.5) is 0 Å². The molecule has 0 bridgehead atoms. The van der Waals surface area contributed by atoms with Crippen molar-refractivity contribution < 1.29 is 9.53 Å². The summed E-state index contributed by atoms with van der Waals surface area (Å²) in [7, 11) is 5.24. The van der Waals surface area contributed by atoms with Crippen molar-refractivity contribution in [1.29, 1.82) is 0 Å². The van der Waals surface area contributed by atoms with Crippen molar-refractivity contribution in [3.05, 3.63) is 29.3 Å². The molecule has 0 unspecified atom stereocenters. The fourth-order valence-electron chi connectivity index (χ4n) is 3.38. The molecule has 1 amide bonds. The lowest BCUT2D eigenvalue weighted by atomic mass is 9.93. The van der Waals surface area contributed by atoms with Gasteiger partial charge in [-0.15, -0.1) is 24.0 Å². The zero-order valence-corrected chi connectivity index (χ0v) is 19.2. The lowest BCUT2D eigenvalue weighted by Crippen LogP contribution is -2.46. The van der Waals surface area contributed by atoms with Crippen LogP contribution in [0.2, 0.25) is 0 Å². The molecule has 152 valence electrons. The molecule has 1 fully saturated rings. The molecule has 2 rings (SSSR count). The topological polar surface area (TPSA) is 66.0 Å². The van der Waals surface area contributed by atoms with Gasteiger partial charge in [0.15, 0.2) is 5.96 Å². The number of guanidine groups is 1. The van der Waals surface area contributed by atoms with E-state index in [9.17, 15) is 4.79 Å². The van der Waals surface area contributed by atoms with E-state index in [1.54, 1.807) is 14.2 Å². The van der Waals surface area contributed by atoms with Gasteiger partial charge in [0.1, 0.15) is 5.75 Å². The number of piperidine rings is 1. The van der Waals surface area contributed by atoms with Gasteiger partial charge in [-0.05, 0) is 49.3 Å². The van der Waals surface area contributed by atoms with E-state index in [4.69, 9.17) is 4.74 Å². The van der Waals surface area contributed by atoms with Gasteiger partial charge in [0, 0.05) is 40.2 Å². The number of aliphatic imine (C=N–C) groups is 1. The molecule has 0 spiro atoms. The van der Waals surface area contributed by atoms with Gasteiger partial charge in [-0.1, -0.05) is 12.1 Å². The van der Waals surface area contributed by atoms with E-state index in [-0.39, 0.29) is 29.9 Å². The standard InChI is InChI=1S/C20H32N4O2.HI/c1-15-5-6-16(13-18(15)26-4)7-10-23-20(22-3)24-11-8-17(9-12-24)14-19(25)21-2;/h5-6,13,17H,7-12,14H2,1-4H3,(H,21,25)(H,22,23);1H. The van der Waals surface area contributed by atoms with Crippen LogP contribution in [-0.4, -0.2) is 57.6 Å². The number of carbonyl (C=O) groups excluding carboxylic acids is 1. The van der Waals surface area contributed by atoms with E-state index in [0.29, 0.717) is 12.3 Å². The predicted octanol–water partition coefficient (Wildman–Crippen LogP) is 2.59. The molecule has 7 heteroatoms. The third kappa shape index (κ3) is 7.20. The zero-order chi connectivity index (χ0) is 18.9. The molecule has 27 heavy (non-hydrogen) atoms. The Bertz CT molecular complexity index is 628. The number of ether oxygens (including phenoxy) is 1. The number of amides is 1. The molecule has 0 atom stereocenters. The Morgan fingerprint density at radius 2 is 2.04 bits per heavy atom. The second kappa shape index (κ2) is 12.0. The molecule has 1 saturated heterocycles. The summed E-state index contributed by atoms with van der Waals surface area (Å²) >= 11 is 0. The Morgan fingerprint density at radius 3 is 2.63 bits per heavy atom. The highest BCUT2D eigenvalue weighted by atomic mass is 127. The molecular weight excluding hydrogens is 455 g/mol. The van der Waals surface area contributed by atoms with Gasteiger partial charge in [-0.2, -0.15) is 0 Å². The fourth-order valence-corrected chi connectivity index (χ4v) is 3.38. The minimum atomic E-state index is 0. The number of nitrogens with one attached hydrogen (secondary N) is 2. The summed E-state index contributed by atoms with van der Waals surface area (Å²) in [4.78, 5) is 18.2. The number of aryl methyl sites for hydroxylation is 1. The molecule has 0 radical (unpaired) electrons. The number of hydrogen-bond donors (Lipinski definition) is 2. The van der Waals surface area contributed by atoms with Crippen molar-refractivity contribution >= 4 is 35.8 Å². The van der Waals surface area contributed by atoms with Crippen LogP contribution in [0.1, 0.15) is 30.4 Å². The molecule has 1 aromatic rings. The summed E-state index contributed by atoms with van der Waals surface area (Å²) in [6.07, 6.45) is 3.61. The van der Waals surface area contributed by atoms with Crippen LogP contribution in [0.5, 0.6) is 5.75 Å². The number of rotatable bonds is 6. The molecule has 2 N–H and O–H groups in total. The lowest BCUT2D eigenvalue weighted by Gasteiger charge is -2.34. The van der Waals surface area contributed by atoms with Gasteiger partial charge in [0.25, 0.3) is 0 Å². The van der Waals surface area contributed by atoms with Crippen LogP contribution >= 0.6 is 24.0 Å². The first-order valence-corrected chi connectivity index (χ1v) is 9.37. The fraction of sp³-hybridized carbons (Fsp3) is 0.600. The number of nitrogens with zero attached hydrogens (tertiary/aromatic N) is 2. The molecular formula is C20H33IN4O2. The van der Waals surface area contributed by atoms with Crippen LogP contribution in [0, 0.1) is 12.8 Å². The van der Waals surface area contributed by atoms with Gasteiger partial charge in [-0.3, -0.25) is 9.79 Å². The normalized spacial score (nSPS) is 15.1. The average Bonchev–Trinajstić information content (AvgIpc) is 2.67. The zero-order valence-electron chi connectivity index (χ0n) is 16.9. The lowest BCUT2D eigenvalue weighted by molar-refractivity contribution is -0.121. The Kier molecular flexibility index (Phi) is 10.5. The third-order valence-electron chi connectivity index (χ3n) is 5.05. The van der Waals surface area contributed by atoms with Gasteiger partial charge in [0.2, 0.25) is 5.91 Å². The van der Waals surface area contributed by atoms with Crippen molar-refractivity contribution in [3.63, 3.8) is 0 Å². The minimum absolute atomic E-state index is 0. The minimum Gasteiger partial charge on any atom is -0.496 e. The Hall–Kier alpha value is -1.51. The summed E-state index contributed by atoms with van der Waals surface area (Å²) in [5.41, 5.74) is 2.40. The molecule has 6 nitrogen and oxygen atoms in total.